The first-order valence-electron chi connectivity index (χ1n) is 20.5. The molecule has 2 N–H and O–H groups in total. The third kappa shape index (κ3) is 7.44. The summed E-state index contributed by atoms with van der Waals surface area (Å²) in [7, 11) is 10.6. The Morgan fingerprint density at radius 1 is 0.567 bits per heavy atom. The Hall–Kier alpha value is -3.60. The van der Waals surface area contributed by atoms with E-state index < -0.39 is 34.7 Å². The molecule has 4 aliphatic heterocycles. The maximum absolute atomic E-state index is 13.9. The van der Waals surface area contributed by atoms with Crippen LogP contribution >= 0.6 is 0 Å². The van der Waals surface area contributed by atoms with Crippen molar-refractivity contribution in [3.8, 4) is 34.5 Å². The predicted molar refractivity (Wildman–Crippen MR) is 210 cm³/mol. The lowest BCUT2D eigenvalue weighted by Crippen LogP contribution is -3.00. The number of quaternary nitrogens is 2. The van der Waals surface area contributed by atoms with Crippen molar-refractivity contribution in [1.29, 1.82) is 0 Å². The Balaban J connectivity index is 0.00000341. The van der Waals surface area contributed by atoms with Crippen LogP contribution in [0.4, 0.5) is 0 Å². The molecule has 5 fully saturated rings. The normalized spacial score (nSPS) is 33.5. The van der Waals surface area contributed by atoms with Crippen LogP contribution in [0, 0.1) is 22.7 Å². The van der Waals surface area contributed by atoms with Crippen molar-refractivity contribution in [2.24, 2.45) is 22.7 Å². The minimum absolute atomic E-state index is 0. The fraction of sp³-hybridized carbons (Fsp3) is 0.636. The summed E-state index contributed by atoms with van der Waals surface area (Å²) >= 11 is 0. The number of aliphatic carboxylic acids is 2. The molecule has 4 bridgehead atoms. The van der Waals surface area contributed by atoms with Gasteiger partial charge in [0.2, 0.25) is 11.5 Å². The summed E-state index contributed by atoms with van der Waals surface area (Å²) in [4.78, 5) is 51.4. The Morgan fingerprint density at radius 3 is 1.03 bits per heavy atom. The summed E-state index contributed by atoms with van der Waals surface area (Å²) < 4.78 is 34.8. The molecule has 0 amide bonds. The van der Waals surface area contributed by atoms with E-state index in [9.17, 15) is 29.4 Å². The van der Waals surface area contributed by atoms with Gasteiger partial charge in [-0.15, -0.1) is 0 Å². The Labute approximate surface area is 373 Å². The Bertz CT molecular complexity index is 1780. The van der Waals surface area contributed by atoms with Crippen LogP contribution < -0.4 is 62.4 Å². The maximum Gasteiger partial charge on any atom is 0.311 e. The van der Waals surface area contributed by atoms with E-state index in [1.165, 1.54) is 42.3 Å². The molecule has 0 aromatic heterocycles. The summed E-state index contributed by atoms with van der Waals surface area (Å²) in [5.74, 6) is -1.34. The molecule has 0 spiro atoms. The van der Waals surface area contributed by atoms with Gasteiger partial charge in [0, 0.05) is 76.3 Å². The second-order valence-electron chi connectivity index (χ2n) is 18.0. The topological polar surface area (TPSA) is 164 Å². The number of methoxy groups -OCH3 is 4. The second kappa shape index (κ2) is 17.6. The fourth-order valence-electron chi connectivity index (χ4n) is 12.9. The van der Waals surface area contributed by atoms with Crippen LogP contribution in [0.5, 0.6) is 34.5 Å². The number of ether oxygens (including phenoxy) is 6. The lowest BCUT2D eigenvalue weighted by Gasteiger charge is -2.64. The van der Waals surface area contributed by atoms with Crippen LogP contribution in [0.3, 0.4) is 0 Å². The molecule has 6 atom stereocenters. The third-order valence-corrected chi connectivity index (χ3v) is 15.7. The zero-order chi connectivity index (χ0) is 41.9. The van der Waals surface area contributed by atoms with Crippen molar-refractivity contribution in [2.45, 2.75) is 115 Å². The van der Waals surface area contributed by atoms with Gasteiger partial charge in [0.1, 0.15) is 13.1 Å². The lowest BCUT2D eigenvalue weighted by molar-refractivity contribution is -0.963. The van der Waals surface area contributed by atoms with Crippen LogP contribution in [0.25, 0.3) is 0 Å². The molecular formula is C44H60Br2N2O12. The molecule has 4 saturated heterocycles. The van der Waals surface area contributed by atoms with Crippen molar-refractivity contribution in [3.63, 3.8) is 0 Å². The van der Waals surface area contributed by atoms with Gasteiger partial charge in [0.05, 0.1) is 77.5 Å². The fourth-order valence-corrected chi connectivity index (χ4v) is 12.9. The van der Waals surface area contributed by atoms with Gasteiger partial charge in [0.25, 0.3) is 0 Å². The second-order valence-corrected chi connectivity index (χ2v) is 18.0. The number of benzene rings is 2. The highest BCUT2D eigenvalue weighted by Crippen LogP contribution is 2.71. The van der Waals surface area contributed by atoms with Gasteiger partial charge in [-0.05, 0) is 48.9 Å². The first-order chi connectivity index (χ1) is 27.5. The monoisotopic (exact) mass is 966 g/mol. The number of carboxylic acids is 2. The maximum atomic E-state index is 13.9. The summed E-state index contributed by atoms with van der Waals surface area (Å²) in [5, 5.41) is 22.7. The molecule has 7 rings (SSSR count). The SMILES string of the molecule is COc1cc(C[N+]2(C)C3CCC2CC([C@@]2(C(=O)O)CC[C@@]2(C(=O)O)C2CC4CCC(C2)[N+]4(C)Cc2cc(OC)c(OC(C)=O)c(OC)c2)C3)cc(OC)c1OC(C)=O.[Br-].[Br-]. The number of fused-ring (bicyclic) bond motifs is 4. The largest absolute Gasteiger partial charge is 1.00 e. The van der Waals surface area contributed by atoms with Crippen LogP contribution in [-0.4, -0.2) is 110 Å². The highest BCUT2D eigenvalue weighted by atomic mass is 79.9. The molecule has 332 valence electrons. The van der Waals surface area contributed by atoms with E-state index in [1.54, 1.807) is 0 Å². The number of nitrogens with zero attached hydrogens (tertiary/aromatic N) is 2. The first-order valence-corrected chi connectivity index (χ1v) is 20.5. The van der Waals surface area contributed by atoms with E-state index in [4.69, 9.17) is 28.4 Å². The molecule has 14 nitrogen and oxygen atoms in total. The van der Waals surface area contributed by atoms with Gasteiger partial charge in [0.15, 0.2) is 23.0 Å². The van der Waals surface area contributed by atoms with Crippen molar-refractivity contribution in [2.75, 3.05) is 42.5 Å². The molecule has 5 aliphatic rings. The molecule has 60 heavy (non-hydrogen) atoms. The Morgan fingerprint density at radius 2 is 0.833 bits per heavy atom. The lowest BCUT2D eigenvalue weighted by atomic mass is 9.38. The number of carbonyl (C=O) groups excluding carboxylic acids is 2. The van der Waals surface area contributed by atoms with Gasteiger partial charge < -0.3 is 81.6 Å². The third-order valence-electron chi connectivity index (χ3n) is 15.7. The molecule has 4 heterocycles. The van der Waals surface area contributed by atoms with E-state index in [-0.39, 0.29) is 81.5 Å². The summed E-state index contributed by atoms with van der Waals surface area (Å²) in [5.41, 5.74) is -0.785. The molecule has 2 aromatic carbocycles. The summed E-state index contributed by atoms with van der Waals surface area (Å²) in [6, 6.07) is 8.13. The Kier molecular flexibility index (Phi) is 14.0. The molecule has 0 radical (unpaired) electrons. The van der Waals surface area contributed by atoms with Gasteiger partial charge in [-0.3, -0.25) is 19.2 Å². The number of halogens is 2. The summed E-state index contributed by atoms with van der Waals surface area (Å²) in [6.07, 6.45) is 7.09. The molecule has 1 saturated carbocycles. The average molecular weight is 969 g/mol. The minimum atomic E-state index is -1.35. The van der Waals surface area contributed by atoms with Crippen molar-refractivity contribution in [1.82, 2.24) is 0 Å². The standard InChI is InChI=1S/C44H58N2O12.2BrH/c1-25(47)57-39-35(53-5)15-27(16-36(39)54-6)23-45(3)31-9-10-32(45)20-29(19-31)43(41(49)50)13-14-44(43,42(51)52)30-21-33-11-12-34(22-30)46(33,4)24-28-17-37(55-7)40(58-26(2)48)38(18-28)56-8;;/h15-18,29-34H,9-14,19-24H2,1-8H3;2*1H/t29?,30?,31?,32?,33?,34?,43-,44+,45?,46?;;. The molecular weight excluding hydrogens is 908 g/mol. The first kappa shape index (κ1) is 47.4. The minimum Gasteiger partial charge on any atom is -1.00 e. The van der Waals surface area contributed by atoms with E-state index in [1.807, 2.05) is 24.3 Å². The van der Waals surface area contributed by atoms with Crippen molar-refractivity contribution in [3.05, 3.63) is 35.4 Å². The van der Waals surface area contributed by atoms with Crippen molar-refractivity contribution < 1.29 is 101 Å². The quantitative estimate of drug-likeness (QED) is 0.148. The zero-order valence-corrected chi connectivity index (χ0v) is 39.1. The summed E-state index contributed by atoms with van der Waals surface area (Å²) in [6.45, 7) is 3.94. The zero-order valence-electron chi connectivity index (χ0n) is 35.9. The van der Waals surface area contributed by atoms with Crippen LogP contribution in [0.15, 0.2) is 24.3 Å². The van der Waals surface area contributed by atoms with Crippen LogP contribution in [0.2, 0.25) is 0 Å². The van der Waals surface area contributed by atoms with E-state index >= 15 is 0 Å². The number of hydrogen-bond acceptors (Lipinski definition) is 10. The smallest absolute Gasteiger partial charge is 0.311 e. The van der Waals surface area contributed by atoms with Gasteiger partial charge in [-0.2, -0.15) is 0 Å². The number of carboxylic acid groups (broad SMARTS) is 2. The number of rotatable bonds is 14. The highest BCUT2D eigenvalue weighted by Gasteiger charge is 2.76. The highest BCUT2D eigenvalue weighted by molar-refractivity contribution is 5.89. The number of carbonyl (C=O) groups is 4. The van der Waals surface area contributed by atoms with E-state index in [0.29, 0.717) is 83.6 Å². The number of esters is 2. The molecule has 2 aromatic rings. The van der Waals surface area contributed by atoms with Gasteiger partial charge >= 0.3 is 23.9 Å². The molecule has 16 heteroatoms. The molecule has 1 aliphatic carbocycles. The van der Waals surface area contributed by atoms with Gasteiger partial charge in [-0.25, -0.2) is 0 Å². The molecule has 4 unspecified atom stereocenters. The average Bonchev–Trinajstić information content (AvgIpc) is 3.38. The van der Waals surface area contributed by atoms with Crippen LogP contribution in [0.1, 0.15) is 89.2 Å². The number of hydrogen-bond donors (Lipinski definition) is 2. The van der Waals surface area contributed by atoms with Crippen LogP contribution in [-0.2, 0) is 32.3 Å². The predicted octanol–water partition coefficient (Wildman–Crippen LogP) is -0.00920. The van der Waals surface area contributed by atoms with E-state index in [0.717, 1.165) is 36.8 Å². The van der Waals surface area contributed by atoms with E-state index in [2.05, 4.69) is 14.1 Å². The van der Waals surface area contributed by atoms with Crippen molar-refractivity contribution >= 4 is 23.9 Å². The number of piperidine rings is 2. The van der Waals surface area contributed by atoms with Gasteiger partial charge in [-0.1, -0.05) is 0 Å².